The van der Waals surface area contributed by atoms with E-state index < -0.39 is 11.9 Å². The number of benzene rings is 2. The molecule has 0 radical (unpaired) electrons. The van der Waals surface area contributed by atoms with E-state index in [4.69, 9.17) is 18.9 Å². The molecule has 2 heterocycles. The van der Waals surface area contributed by atoms with Crippen LogP contribution >= 0.6 is 0 Å². The zero-order valence-electron chi connectivity index (χ0n) is 23.1. The highest BCUT2D eigenvalue weighted by Gasteiger charge is 2.41. The summed E-state index contributed by atoms with van der Waals surface area (Å²) in [6.07, 6.45) is 3.13. The van der Waals surface area contributed by atoms with Gasteiger partial charge < -0.3 is 23.8 Å². The number of Topliss-reactive ketones (excluding diaryl/α,β-unsaturated/α-hetero) is 1. The molecule has 0 fully saturated rings. The molecule has 0 amide bonds. The molecular formula is C31H37NO7. The van der Waals surface area contributed by atoms with Crippen LogP contribution in [0.25, 0.3) is 0 Å². The maximum atomic E-state index is 13.3. The second-order valence-corrected chi connectivity index (χ2v) is 10.2. The molecule has 2 unspecified atom stereocenters. The molecule has 2 aliphatic rings. The molecule has 0 saturated carbocycles. The van der Waals surface area contributed by atoms with Crippen LogP contribution in [0.2, 0.25) is 0 Å². The largest absolute Gasteiger partial charge is 0.493 e. The summed E-state index contributed by atoms with van der Waals surface area (Å²) in [4.78, 5) is 41.0. The summed E-state index contributed by atoms with van der Waals surface area (Å²) in [6, 6.07) is 13.0. The first kappa shape index (κ1) is 28.4. The summed E-state index contributed by atoms with van der Waals surface area (Å²) >= 11 is 0. The topological polar surface area (TPSA) is 91.4 Å². The van der Waals surface area contributed by atoms with Crippen LogP contribution in [0.5, 0.6) is 5.75 Å². The lowest BCUT2D eigenvalue weighted by molar-refractivity contribution is -0.140. The average molecular weight is 536 g/mol. The van der Waals surface area contributed by atoms with Crippen molar-refractivity contribution in [2.45, 2.75) is 58.7 Å². The number of methoxy groups -OCH3 is 1. The van der Waals surface area contributed by atoms with Gasteiger partial charge in [0, 0.05) is 38.8 Å². The number of nitrogens with zero attached hydrogens (tertiary/aromatic N) is 1. The van der Waals surface area contributed by atoms with Crippen molar-refractivity contribution in [3.63, 3.8) is 0 Å². The van der Waals surface area contributed by atoms with Crippen LogP contribution in [0.3, 0.4) is 0 Å². The molecule has 0 N–H and O–H groups in total. The molecule has 8 heteroatoms. The molecule has 4 rings (SSSR count). The van der Waals surface area contributed by atoms with E-state index in [9.17, 15) is 14.4 Å². The van der Waals surface area contributed by atoms with Gasteiger partial charge in [0.2, 0.25) is 0 Å². The van der Waals surface area contributed by atoms with Crippen LogP contribution in [0.1, 0.15) is 66.7 Å². The second-order valence-electron chi connectivity index (χ2n) is 10.2. The molecule has 208 valence electrons. The van der Waals surface area contributed by atoms with E-state index in [-0.39, 0.29) is 49.0 Å². The van der Waals surface area contributed by atoms with E-state index in [0.29, 0.717) is 37.4 Å². The number of fused-ring (bicyclic) bond motifs is 3. The number of esters is 2. The van der Waals surface area contributed by atoms with Gasteiger partial charge in [-0.3, -0.25) is 4.79 Å². The highest BCUT2D eigenvalue weighted by molar-refractivity contribution is 6.17. The Kier molecular flexibility index (Phi) is 9.41. The standard InChI is InChI=1S/C31H37NO7/c1-5-37-31(35)25-18-32-26(20(2)3)14-22-15-29(38-13-9-12-36-4)24(16-23(22)27(32)17-28(25)33)30(34)39-19-21-10-7-6-8-11-21/h6-8,10-11,15-16,18,20,26-27H,5,9,12-14,17,19H2,1-4H3. The Bertz CT molecular complexity index is 1220. The first-order chi connectivity index (χ1) is 18.8. The van der Waals surface area contributed by atoms with Crippen molar-refractivity contribution in [1.29, 1.82) is 0 Å². The molecule has 2 aromatic carbocycles. The van der Waals surface area contributed by atoms with Gasteiger partial charge >= 0.3 is 11.9 Å². The summed E-state index contributed by atoms with van der Waals surface area (Å²) < 4.78 is 22.0. The smallest absolute Gasteiger partial charge is 0.343 e. The van der Waals surface area contributed by atoms with Gasteiger partial charge in [-0.05, 0) is 48.1 Å². The van der Waals surface area contributed by atoms with Crippen molar-refractivity contribution in [2.24, 2.45) is 5.92 Å². The molecule has 39 heavy (non-hydrogen) atoms. The zero-order valence-corrected chi connectivity index (χ0v) is 23.1. The summed E-state index contributed by atoms with van der Waals surface area (Å²) in [6.45, 7) is 7.23. The third-order valence-electron chi connectivity index (χ3n) is 7.18. The maximum Gasteiger partial charge on any atom is 0.343 e. The summed E-state index contributed by atoms with van der Waals surface area (Å²) in [5.41, 5.74) is 3.17. The molecule has 2 atom stereocenters. The van der Waals surface area contributed by atoms with Crippen LogP contribution in [-0.4, -0.2) is 55.6 Å². The molecule has 0 aliphatic carbocycles. The Hall–Kier alpha value is -3.65. The predicted molar refractivity (Wildman–Crippen MR) is 145 cm³/mol. The van der Waals surface area contributed by atoms with E-state index in [1.54, 1.807) is 26.3 Å². The minimum absolute atomic E-state index is 0.0530. The molecule has 2 aliphatic heterocycles. The Morgan fingerprint density at radius 3 is 2.49 bits per heavy atom. The van der Waals surface area contributed by atoms with Crippen LogP contribution in [-0.2, 0) is 36.8 Å². The zero-order chi connectivity index (χ0) is 27.9. The molecule has 8 nitrogen and oxygen atoms in total. The van der Waals surface area contributed by atoms with Crippen LogP contribution in [0.15, 0.2) is 54.2 Å². The van der Waals surface area contributed by atoms with Gasteiger partial charge in [0.1, 0.15) is 23.5 Å². The third-order valence-corrected chi connectivity index (χ3v) is 7.18. The molecular weight excluding hydrogens is 498 g/mol. The summed E-state index contributed by atoms with van der Waals surface area (Å²) in [5, 5.41) is 0. The quantitative estimate of drug-likeness (QED) is 0.230. The predicted octanol–water partition coefficient (Wildman–Crippen LogP) is 4.80. The summed E-state index contributed by atoms with van der Waals surface area (Å²) in [5.74, 6) is -0.651. The lowest BCUT2D eigenvalue weighted by atomic mass is 9.79. The number of ether oxygens (including phenoxy) is 4. The van der Waals surface area contributed by atoms with Crippen molar-refractivity contribution in [1.82, 2.24) is 4.90 Å². The second kappa shape index (κ2) is 12.9. The van der Waals surface area contributed by atoms with E-state index in [0.717, 1.165) is 16.7 Å². The molecule has 0 bridgehead atoms. The van der Waals surface area contributed by atoms with E-state index in [1.807, 2.05) is 36.4 Å². The van der Waals surface area contributed by atoms with E-state index in [2.05, 4.69) is 18.7 Å². The number of carbonyl (C=O) groups excluding carboxylic acids is 3. The first-order valence-electron chi connectivity index (χ1n) is 13.5. The van der Waals surface area contributed by atoms with Gasteiger partial charge in [-0.2, -0.15) is 0 Å². The lowest BCUT2D eigenvalue weighted by Gasteiger charge is -2.46. The average Bonchev–Trinajstić information content (AvgIpc) is 2.93. The number of carbonyl (C=O) groups is 3. The molecule has 0 aromatic heterocycles. The van der Waals surface area contributed by atoms with Gasteiger partial charge in [0.05, 0.1) is 19.3 Å². The van der Waals surface area contributed by atoms with Crippen LogP contribution < -0.4 is 4.74 Å². The van der Waals surface area contributed by atoms with Crippen molar-refractivity contribution < 1.29 is 33.3 Å². The van der Waals surface area contributed by atoms with Gasteiger partial charge in [-0.15, -0.1) is 0 Å². The number of hydrogen-bond donors (Lipinski definition) is 0. The highest BCUT2D eigenvalue weighted by Crippen LogP contribution is 2.43. The third kappa shape index (κ3) is 6.50. The first-order valence-corrected chi connectivity index (χ1v) is 13.5. The molecule has 0 spiro atoms. The molecule has 2 aromatic rings. The normalized spacial score (nSPS) is 18.2. The Labute approximate surface area is 229 Å². The van der Waals surface area contributed by atoms with E-state index in [1.165, 1.54) is 0 Å². The Morgan fingerprint density at radius 1 is 1.03 bits per heavy atom. The van der Waals surface area contributed by atoms with Gasteiger partial charge in [-0.1, -0.05) is 44.2 Å². The minimum atomic E-state index is -0.598. The van der Waals surface area contributed by atoms with E-state index >= 15 is 0 Å². The van der Waals surface area contributed by atoms with Gasteiger partial charge in [0.25, 0.3) is 0 Å². The number of ketones is 1. The Balaban J connectivity index is 1.70. The van der Waals surface area contributed by atoms with Crippen LogP contribution in [0, 0.1) is 5.92 Å². The van der Waals surface area contributed by atoms with Gasteiger partial charge in [0.15, 0.2) is 5.78 Å². The van der Waals surface area contributed by atoms with Crippen LogP contribution in [0.4, 0.5) is 0 Å². The fraction of sp³-hybridized carbons (Fsp3) is 0.452. The number of hydrogen-bond acceptors (Lipinski definition) is 8. The fourth-order valence-electron chi connectivity index (χ4n) is 5.18. The van der Waals surface area contributed by atoms with Gasteiger partial charge in [-0.25, -0.2) is 9.59 Å². The summed E-state index contributed by atoms with van der Waals surface area (Å²) in [7, 11) is 1.64. The molecule has 0 saturated heterocycles. The maximum absolute atomic E-state index is 13.3. The minimum Gasteiger partial charge on any atom is -0.493 e. The van der Waals surface area contributed by atoms with Crippen molar-refractivity contribution in [2.75, 3.05) is 26.9 Å². The van der Waals surface area contributed by atoms with Crippen molar-refractivity contribution in [3.8, 4) is 5.75 Å². The fourth-order valence-corrected chi connectivity index (χ4v) is 5.18. The SMILES string of the molecule is CCOC(=O)C1=CN2C(CC1=O)c1cc(C(=O)OCc3ccccc3)c(OCCCOC)cc1CC2C(C)C. The number of rotatable bonds is 11. The van der Waals surface area contributed by atoms with Crippen molar-refractivity contribution >= 4 is 17.7 Å². The highest BCUT2D eigenvalue weighted by atomic mass is 16.5. The Morgan fingerprint density at radius 2 is 1.79 bits per heavy atom. The van der Waals surface area contributed by atoms with Crippen molar-refractivity contribution in [3.05, 3.63) is 76.5 Å². The lowest BCUT2D eigenvalue weighted by Crippen LogP contribution is -2.47. The monoisotopic (exact) mass is 535 g/mol.